The number of nitrogens with zero attached hydrogens (tertiary/aromatic N) is 1. The normalized spacial score (nSPS) is 12.3. The van der Waals surface area contributed by atoms with E-state index in [1.54, 1.807) is 30.3 Å². The highest BCUT2D eigenvalue weighted by Gasteiger charge is 2.10. The van der Waals surface area contributed by atoms with E-state index in [0.717, 1.165) is 10.3 Å². The number of alkyl halides is 1. The Morgan fingerprint density at radius 1 is 1.22 bits per heavy atom. The van der Waals surface area contributed by atoms with Crippen LogP contribution in [0, 0.1) is 5.21 Å². The predicted octanol–water partition coefficient (Wildman–Crippen LogP) is 3.62. The van der Waals surface area contributed by atoms with Crippen LogP contribution in [0.2, 0.25) is 5.02 Å². The highest BCUT2D eigenvalue weighted by Crippen LogP contribution is 2.24. The van der Waals surface area contributed by atoms with Crippen molar-refractivity contribution in [3.63, 3.8) is 0 Å². The third-order valence-electron chi connectivity index (χ3n) is 2.75. The molecule has 2 rings (SSSR count). The molecule has 2 aromatic rings. The van der Waals surface area contributed by atoms with Crippen LogP contribution in [0.3, 0.4) is 0 Å². The maximum absolute atomic E-state index is 13.9. The Morgan fingerprint density at radius 3 is 2.61 bits per heavy atom. The van der Waals surface area contributed by atoms with Gasteiger partial charge in [0, 0.05) is 16.7 Å². The summed E-state index contributed by atoms with van der Waals surface area (Å²) in [5.41, 5.74) is 1.45. The van der Waals surface area contributed by atoms with E-state index in [-0.39, 0.29) is 0 Å². The van der Waals surface area contributed by atoms with Crippen molar-refractivity contribution in [1.29, 1.82) is 0 Å². The Kier molecular flexibility index (Phi) is 4.15. The Morgan fingerprint density at radius 2 is 1.94 bits per heavy atom. The van der Waals surface area contributed by atoms with Gasteiger partial charge in [0.25, 0.3) is 0 Å². The van der Waals surface area contributed by atoms with Gasteiger partial charge in [-0.15, -0.1) is 0 Å². The van der Waals surface area contributed by atoms with E-state index >= 15 is 0 Å². The largest absolute Gasteiger partial charge is 0.619 e. The fourth-order valence-corrected chi connectivity index (χ4v) is 1.91. The van der Waals surface area contributed by atoms with Crippen LogP contribution in [0.25, 0.3) is 0 Å². The minimum Gasteiger partial charge on any atom is -0.619 e. The smallest absolute Gasteiger partial charge is 0.183 e. The topological polar surface area (TPSA) is 26.9 Å². The van der Waals surface area contributed by atoms with Crippen LogP contribution in [-0.4, -0.2) is 0 Å². The molecule has 0 spiro atoms. The van der Waals surface area contributed by atoms with Crippen molar-refractivity contribution >= 4 is 11.6 Å². The molecule has 0 saturated carbocycles. The first kappa shape index (κ1) is 12.8. The number of rotatable bonds is 4. The van der Waals surface area contributed by atoms with Crippen LogP contribution in [0.15, 0.2) is 48.8 Å². The maximum atomic E-state index is 13.9. The monoisotopic (exact) mass is 265 g/mol. The molecule has 1 heterocycles. The van der Waals surface area contributed by atoms with Crippen LogP contribution in [0.5, 0.6) is 0 Å². The van der Waals surface area contributed by atoms with E-state index in [9.17, 15) is 9.60 Å². The molecule has 94 valence electrons. The Bertz CT molecular complexity index is 515. The number of hydrogen-bond donors (Lipinski definition) is 0. The van der Waals surface area contributed by atoms with Crippen LogP contribution in [0.4, 0.5) is 4.39 Å². The molecular weight excluding hydrogens is 253 g/mol. The molecule has 0 N–H and O–H groups in total. The summed E-state index contributed by atoms with van der Waals surface area (Å²) in [6.45, 7) is 0. The molecule has 4 heteroatoms. The quantitative estimate of drug-likeness (QED) is 0.613. The van der Waals surface area contributed by atoms with E-state index in [1.807, 2.05) is 6.07 Å². The molecule has 1 atom stereocenters. The summed E-state index contributed by atoms with van der Waals surface area (Å²) in [5, 5.41) is 11.6. The SMILES string of the molecule is [O-][n+]1cccc(CCC(F)c2ccc(Cl)cc2)c1. The first-order valence-corrected chi connectivity index (χ1v) is 6.10. The summed E-state index contributed by atoms with van der Waals surface area (Å²) < 4.78 is 14.7. The molecule has 1 unspecified atom stereocenters. The molecule has 1 aromatic carbocycles. The van der Waals surface area contributed by atoms with Crippen molar-refractivity contribution in [2.24, 2.45) is 0 Å². The van der Waals surface area contributed by atoms with Gasteiger partial charge in [0.2, 0.25) is 0 Å². The molecule has 0 aliphatic carbocycles. The van der Waals surface area contributed by atoms with Gasteiger partial charge >= 0.3 is 0 Å². The zero-order chi connectivity index (χ0) is 13.0. The average molecular weight is 266 g/mol. The van der Waals surface area contributed by atoms with Gasteiger partial charge in [0.1, 0.15) is 6.17 Å². The first-order chi connectivity index (χ1) is 8.65. The van der Waals surface area contributed by atoms with Crippen molar-refractivity contribution in [2.45, 2.75) is 19.0 Å². The Hall–Kier alpha value is -1.61. The lowest BCUT2D eigenvalue weighted by molar-refractivity contribution is -0.605. The van der Waals surface area contributed by atoms with Crippen molar-refractivity contribution < 1.29 is 9.12 Å². The second-order valence-electron chi connectivity index (χ2n) is 4.13. The summed E-state index contributed by atoms with van der Waals surface area (Å²) >= 11 is 5.75. The number of halogens is 2. The summed E-state index contributed by atoms with van der Waals surface area (Å²) in [6.07, 6.45) is 2.73. The number of pyridine rings is 1. The van der Waals surface area contributed by atoms with E-state index in [0.29, 0.717) is 23.4 Å². The van der Waals surface area contributed by atoms with Gasteiger partial charge in [-0.05, 0) is 36.6 Å². The zero-order valence-corrected chi connectivity index (χ0v) is 10.5. The van der Waals surface area contributed by atoms with Gasteiger partial charge in [-0.1, -0.05) is 23.7 Å². The predicted molar refractivity (Wildman–Crippen MR) is 69.0 cm³/mol. The lowest BCUT2D eigenvalue weighted by atomic mass is 10.0. The maximum Gasteiger partial charge on any atom is 0.183 e. The molecule has 0 radical (unpaired) electrons. The van der Waals surface area contributed by atoms with Gasteiger partial charge in [-0.25, -0.2) is 4.39 Å². The third kappa shape index (κ3) is 3.44. The molecular formula is C14H13ClFNO. The van der Waals surface area contributed by atoms with Crippen molar-refractivity contribution in [3.8, 4) is 0 Å². The second kappa shape index (κ2) is 5.83. The fraction of sp³-hybridized carbons (Fsp3) is 0.214. The Balaban J connectivity index is 1.96. The molecule has 0 bridgehead atoms. The Labute approximate surface area is 110 Å². The summed E-state index contributed by atoms with van der Waals surface area (Å²) in [6, 6.07) is 10.2. The standard InChI is InChI=1S/C14H13ClFNO/c15-13-6-4-12(5-7-13)14(16)8-3-11-2-1-9-17(18)10-11/h1-2,4-7,9-10,14H,3,8H2. The number of aryl methyl sites for hydroxylation is 1. The number of hydrogen-bond acceptors (Lipinski definition) is 1. The van der Waals surface area contributed by atoms with Crippen LogP contribution in [0.1, 0.15) is 23.7 Å². The van der Waals surface area contributed by atoms with Crippen molar-refractivity contribution in [1.82, 2.24) is 0 Å². The zero-order valence-electron chi connectivity index (χ0n) is 9.72. The average Bonchev–Trinajstić information content (AvgIpc) is 2.37. The number of benzene rings is 1. The number of aromatic nitrogens is 1. The molecule has 0 fully saturated rings. The second-order valence-corrected chi connectivity index (χ2v) is 4.57. The summed E-state index contributed by atoms with van der Waals surface area (Å²) in [5.74, 6) is 0. The van der Waals surface area contributed by atoms with Crippen LogP contribution < -0.4 is 4.73 Å². The van der Waals surface area contributed by atoms with Crippen molar-refractivity contribution in [2.75, 3.05) is 0 Å². The molecule has 0 saturated heterocycles. The van der Waals surface area contributed by atoms with Gasteiger partial charge in [0.05, 0.1) is 0 Å². The van der Waals surface area contributed by atoms with Crippen molar-refractivity contribution in [3.05, 3.63) is 70.1 Å². The van der Waals surface area contributed by atoms with Crippen LogP contribution in [-0.2, 0) is 6.42 Å². The van der Waals surface area contributed by atoms with Gasteiger partial charge < -0.3 is 5.21 Å². The molecule has 1 aromatic heterocycles. The minimum atomic E-state index is -1.04. The van der Waals surface area contributed by atoms with E-state index in [4.69, 9.17) is 11.6 Å². The summed E-state index contributed by atoms with van der Waals surface area (Å²) in [7, 11) is 0. The van der Waals surface area contributed by atoms with E-state index in [2.05, 4.69) is 0 Å². The van der Waals surface area contributed by atoms with Gasteiger partial charge in [0.15, 0.2) is 12.4 Å². The lowest BCUT2D eigenvalue weighted by Gasteiger charge is -2.08. The van der Waals surface area contributed by atoms with Crippen LogP contribution >= 0.6 is 11.6 Å². The highest BCUT2D eigenvalue weighted by atomic mass is 35.5. The minimum absolute atomic E-state index is 0.353. The molecule has 0 aliphatic rings. The van der Waals surface area contributed by atoms with E-state index < -0.39 is 6.17 Å². The first-order valence-electron chi connectivity index (χ1n) is 5.72. The fourth-order valence-electron chi connectivity index (χ4n) is 1.78. The third-order valence-corrected chi connectivity index (χ3v) is 3.01. The molecule has 2 nitrogen and oxygen atoms in total. The molecule has 18 heavy (non-hydrogen) atoms. The van der Waals surface area contributed by atoms with E-state index in [1.165, 1.54) is 12.4 Å². The lowest BCUT2D eigenvalue weighted by Crippen LogP contribution is -2.24. The van der Waals surface area contributed by atoms with Gasteiger partial charge in [-0.2, -0.15) is 4.73 Å². The summed E-state index contributed by atoms with van der Waals surface area (Å²) in [4.78, 5) is 0. The molecule has 0 aliphatic heterocycles. The molecule has 0 amide bonds. The van der Waals surface area contributed by atoms with Gasteiger partial charge in [-0.3, -0.25) is 0 Å². The highest BCUT2D eigenvalue weighted by molar-refractivity contribution is 6.30.